The Morgan fingerprint density at radius 1 is 1.10 bits per heavy atom. The van der Waals surface area contributed by atoms with Gasteiger partial charge in [-0.05, 0) is 39.5 Å². The Labute approximate surface area is 119 Å². The third-order valence-corrected chi connectivity index (χ3v) is 2.94. The van der Waals surface area contributed by atoms with Crippen LogP contribution in [0.15, 0.2) is 0 Å². The van der Waals surface area contributed by atoms with Crippen LogP contribution in [0.4, 0.5) is 0 Å². The second kappa shape index (κ2) is 10.4. The Morgan fingerprint density at radius 2 is 1.65 bits per heavy atom. The molecule has 6 nitrogen and oxygen atoms in total. The number of Topliss-reactive ketones (excluding diaryl/α,β-unsaturated/α-hetero) is 1. The highest BCUT2D eigenvalue weighted by molar-refractivity contribution is 5.75. The van der Waals surface area contributed by atoms with Crippen molar-refractivity contribution in [2.45, 2.75) is 64.6 Å². The monoisotopic (exact) mass is 288 g/mol. The first kappa shape index (κ1) is 18.6. The van der Waals surface area contributed by atoms with Gasteiger partial charge in [-0.15, -0.1) is 0 Å². The Bertz CT molecular complexity index is 306. The highest BCUT2D eigenvalue weighted by Gasteiger charge is 2.19. The van der Waals surface area contributed by atoms with Gasteiger partial charge in [0, 0.05) is 20.0 Å². The SMILES string of the molecule is COC(C)C(=O)OC(CCCC(C)=O)CCCC(=O)O. The number of hydrogen-bond acceptors (Lipinski definition) is 5. The average molecular weight is 288 g/mol. The van der Waals surface area contributed by atoms with E-state index in [4.69, 9.17) is 14.6 Å². The predicted octanol–water partition coefficient (Wildman–Crippen LogP) is 1.95. The minimum Gasteiger partial charge on any atom is -0.481 e. The second-order valence-corrected chi connectivity index (χ2v) is 4.82. The molecule has 0 spiro atoms. The summed E-state index contributed by atoms with van der Waals surface area (Å²) in [4.78, 5) is 33.0. The molecule has 1 N–H and O–H groups in total. The maximum atomic E-state index is 11.6. The molecule has 0 aromatic carbocycles. The molecule has 0 rings (SSSR count). The van der Waals surface area contributed by atoms with Crippen LogP contribution in [-0.2, 0) is 23.9 Å². The molecule has 0 amide bonds. The van der Waals surface area contributed by atoms with Crippen molar-refractivity contribution in [2.75, 3.05) is 7.11 Å². The van der Waals surface area contributed by atoms with E-state index in [-0.39, 0.29) is 18.3 Å². The number of carboxylic acids is 1. The van der Waals surface area contributed by atoms with Gasteiger partial charge in [0.25, 0.3) is 0 Å². The van der Waals surface area contributed by atoms with Gasteiger partial charge in [-0.25, -0.2) is 4.79 Å². The lowest BCUT2D eigenvalue weighted by atomic mass is 10.0. The summed E-state index contributed by atoms with van der Waals surface area (Å²) in [6.07, 6.45) is 1.57. The van der Waals surface area contributed by atoms with Crippen molar-refractivity contribution in [3.63, 3.8) is 0 Å². The normalized spacial score (nSPS) is 13.6. The van der Waals surface area contributed by atoms with Crippen molar-refractivity contribution in [3.05, 3.63) is 0 Å². The molecule has 0 fully saturated rings. The predicted molar refractivity (Wildman–Crippen MR) is 72.4 cm³/mol. The van der Waals surface area contributed by atoms with Crippen LogP contribution in [0.5, 0.6) is 0 Å². The first-order valence-corrected chi connectivity index (χ1v) is 6.81. The molecule has 6 heteroatoms. The van der Waals surface area contributed by atoms with Crippen LogP contribution in [0.2, 0.25) is 0 Å². The number of carbonyl (C=O) groups excluding carboxylic acids is 2. The third-order valence-electron chi connectivity index (χ3n) is 2.94. The maximum absolute atomic E-state index is 11.6. The lowest BCUT2D eigenvalue weighted by Gasteiger charge is -2.19. The third kappa shape index (κ3) is 9.49. The van der Waals surface area contributed by atoms with E-state index in [1.54, 1.807) is 6.92 Å². The lowest BCUT2D eigenvalue weighted by molar-refractivity contribution is -0.160. The van der Waals surface area contributed by atoms with Crippen molar-refractivity contribution in [3.8, 4) is 0 Å². The first-order chi connectivity index (χ1) is 9.36. The zero-order chi connectivity index (χ0) is 15.5. The van der Waals surface area contributed by atoms with E-state index in [9.17, 15) is 14.4 Å². The first-order valence-electron chi connectivity index (χ1n) is 6.81. The number of ether oxygens (including phenoxy) is 2. The number of rotatable bonds is 11. The van der Waals surface area contributed by atoms with E-state index in [2.05, 4.69) is 0 Å². The van der Waals surface area contributed by atoms with Gasteiger partial charge in [0.1, 0.15) is 11.9 Å². The summed E-state index contributed by atoms with van der Waals surface area (Å²) in [5.41, 5.74) is 0. The fraction of sp³-hybridized carbons (Fsp3) is 0.786. The molecule has 0 bridgehead atoms. The van der Waals surface area contributed by atoms with Crippen LogP contribution in [-0.4, -0.2) is 42.1 Å². The van der Waals surface area contributed by atoms with E-state index in [0.29, 0.717) is 32.1 Å². The molecule has 0 aliphatic rings. The van der Waals surface area contributed by atoms with Crippen LogP contribution in [0, 0.1) is 0 Å². The van der Waals surface area contributed by atoms with Crippen LogP contribution in [0.1, 0.15) is 52.4 Å². The van der Waals surface area contributed by atoms with Gasteiger partial charge < -0.3 is 19.4 Å². The molecule has 0 aromatic heterocycles. The largest absolute Gasteiger partial charge is 0.481 e. The van der Waals surface area contributed by atoms with Crippen molar-refractivity contribution in [2.24, 2.45) is 0 Å². The Kier molecular flexibility index (Phi) is 9.63. The number of carbonyl (C=O) groups is 3. The van der Waals surface area contributed by atoms with Crippen molar-refractivity contribution >= 4 is 17.7 Å². The average Bonchev–Trinajstić information content (AvgIpc) is 2.36. The Hall–Kier alpha value is -1.43. The summed E-state index contributed by atoms with van der Waals surface area (Å²) in [6, 6.07) is 0. The number of methoxy groups -OCH3 is 1. The Balaban J connectivity index is 4.25. The topological polar surface area (TPSA) is 89.9 Å². The molecule has 0 aliphatic carbocycles. The van der Waals surface area contributed by atoms with Crippen molar-refractivity contribution < 1.29 is 29.0 Å². The molecule has 0 saturated heterocycles. The van der Waals surface area contributed by atoms with Crippen LogP contribution < -0.4 is 0 Å². The summed E-state index contributed by atoms with van der Waals surface area (Å²) >= 11 is 0. The van der Waals surface area contributed by atoms with E-state index >= 15 is 0 Å². The molecule has 2 atom stereocenters. The minimum atomic E-state index is -0.871. The summed E-state index contributed by atoms with van der Waals surface area (Å²) in [7, 11) is 1.42. The molecule has 0 radical (unpaired) electrons. The number of carboxylic acid groups (broad SMARTS) is 1. The number of aliphatic carboxylic acids is 1. The van der Waals surface area contributed by atoms with E-state index in [1.165, 1.54) is 14.0 Å². The molecule has 0 heterocycles. The standard InChI is InChI=1S/C14H24O6/c1-10(15)6-4-7-12(8-5-9-13(16)17)20-14(18)11(2)19-3/h11-12H,4-9H2,1-3H3,(H,16,17). The maximum Gasteiger partial charge on any atom is 0.335 e. The summed E-state index contributed by atoms with van der Waals surface area (Å²) in [6.45, 7) is 3.10. The van der Waals surface area contributed by atoms with Gasteiger partial charge in [0.2, 0.25) is 0 Å². The van der Waals surface area contributed by atoms with Gasteiger partial charge in [0.05, 0.1) is 0 Å². The zero-order valence-electron chi connectivity index (χ0n) is 12.4. The molecule has 0 aromatic rings. The summed E-state index contributed by atoms with van der Waals surface area (Å²) < 4.78 is 10.2. The van der Waals surface area contributed by atoms with Gasteiger partial charge in [-0.1, -0.05) is 0 Å². The molecule has 0 aliphatic heterocycles. The van der Waals surface area contributed by atoms with Crippen LogP contribution in [0.25, 0.3) is 0 Å². The zero-order valence-corrected chi connectivity index (χ0v) is 12.4. The molecule has 0 saturated carbocycles. The minimum absolute atomic E-state index is 0.0423. The quantitative estimate of drug-likeness (QED) is 0.584. The van der Waals surface area contributed by atoms with Gasteiger partial charge in [-0.3, -0.25) is 4.79 Å². The summed E-state index contributed by atoms with van der Waals surface area (Å²) in [5, 5.41) is 8.61. The molecule has 2 unspecified atom stereocenters. The number of esters is 1. The number of hydrogen-bond donors (Lipinski definition) is 1. The van der Waals surface area contributed by atoms with Crippen LogP contribution >= 0.6 is 0 Å². The van der Waals surface area contributed by atoms with Crippen molar-refractivity contribution in [1.29, 1.82) is 0 Å². The van der Waals surface area contributed by atoms with Gasteiger partial charge >= 0.3 is 11.9 Å². The van der Waals surface area contributed by atoms with E-state index < -0.39 is 18.0 Å². The highest BCUT2D eigenvalue weighted by Crippen LogP contribution is 2.14. The molecular weight excluding hydrogens is 264 g/mol. The van der Waals surface area contributed by atoms with E-state index in [1.807, 2.05) is 0 Å². The number of ketones is 1. The molecule has 20 heavy (non-hydrogen) atoms. The fourth-order valence-corrected chi connectivity index (χ4v) is 1.68. The molecular formula is C14H24O6. The lowest BCUT2D eigenvalue weighted by Crippen LogP contribution is -2.27. The second-order valence-electron chi connectivity index (χ2n) is 4.82. The highest BCUT2D eigenvalue weighted by atomic mass is 16.6. The van der Waals surface area contributed by atoms with E-state index in [0.717, 1.165) is 0 Å². The van der Waals surface area contributed by atoms with Crippen LogP contribution in [0.3, 0.4) is 0 Å². The summed E-state index contributed by atoms with van der Waals surface area (Å²) in [5.74, 6) is -1.24. The smallest absolute Gasteiger partial charge is 0.335 e. The van der Waals surface area contributed by atoms with Gasteiger partial charge in [0.15, 0.2) is 6.10 Å². The molecule has 116 valence electrons. The van der Waals surface area contributed by atoms with Gasteiger partial charge in [-0.2, -0.15) is 0 Å². The Morgan fingerprint density at radius 3 is 2.10 bits per heavy atom. The fourth-order valence-electron chi connectivity index (χ4n) is 1.68. The van der Waals surface area contributed by atoms with Crippen molar-refractivity contribution in [1.82, 2.24) is 0 Å².